The smallest absolute Gasteiger partial charge is 0.216 e. The first-order valence-corrected chi connectivity index (χ1v) is 10.1. The fourth-order valence-corrected chi connectivity index (χ4v) is 2.64. The van der Waals surface area contributed by atoms with Crippen LogP contribution in [-0.2, 0) is 4.79 Å². The summed E-state index contributed by atoms with van der Waals surface area (Å²) in [5.41, 5.74) is 1.24. The van der Waals surface area contributed by atoms with Crippen molar-refractivity contribution in [3.63, 3.8) is 0 Å². The van der Waals surface area contributed by atoms with Crippen LogP contribution in [0, 0.1) is 11.6 Å². The summed E-state index contributed by atoms with van der Waals surface area (Å²) in [5, 5.41) is 13.3. The lowest BCUT2D eigenvalue weighted by atomic mass is 10.0. The summed E-state index contributed by atoms with van der Waals surface area (Å²) in [5.74, 6) is -0.0514. The number of hydrogen-bond acceptors (Lipinski definition) is 4. The number of carbonyl (C=O) groups excluding carboxylic acids is 1. The molecule has 2 aromatic rings. The SMILES string of the molecule is CC.CC(=O)NCCCNC1CCOc2ccccc21.CO.Fc1cccc(F)c1. The monoisotopic (exact) mass is 424 g/mol. The Bertz CT molecular complexity index is 697. The zero-order valence-corrected chi connectivity index (χ0v) is 18.3. The standard InChI is InChI=1S/C14H20N2O2.C6H4F2.C2H6.CH4O/c1-11(17)15-8-4-9-16-13-7-10-18-14-6-3-2-5-12(13)14;7-5-2-1-3-6(8)4-5;2*1-2/h2-3,5-6,13,16H,4,7-10H2,1H3,(H,15,17);1-4H;1-2H3;2H,1H3. The number of carbonyl (C=O) groups is 1. The van der Waals surface area contributed by atoms with Gasteiger partial charge in [-0.3, -0.25) is 4.79 Å². The van der Waals surface area contributed by atoms with Crippen molar-refractivity contribution < 1.29 is 23.4 Å². The second-order valence-corrected chi connectivity index (χ2v) is 5.96. The summed E-state index contributed by atoms with van der Waals surface area (Å²) >= 11 is 0. The minimum Gasteiger partial charge on any atom is -0.493 e. The van der Waals surface area contributed by atoms with Gasteiger partial charge in [-0.15, -0.1) is 0 Å². The number of fused-ring (bicyclic) bond motifs is 1. The fourth-order valence-electron chi connectivity index (χ4n) is 2.64. The van der Waals surface area contributed by atoms with Crippen molar-refractivity contribution in [1.29, 1.82) is 0 Å². The number of aliphatic hydroxyl groups is 1. The van der Waals surface area contributed by atoms with E-state index in [-0.39, 0.29) is 5.91 Å². The molecule has 0 saturated heterocycles. The van der Waals surface area contributed by atoms with Crippen LogP contribution in [0.25, 0.3) is 0 Å². The van der Waals surface area contributed by atoms with Crippen LogP contribution in [0.15, 0.2) is 48.5 Å². The number of aliphatic hydroxyl groups excluding tert-OH is 1. The van der Waals surface area contributed by atoms with Crippen LogP contribution in [0.4, 0.5) is 8.78 Å². The lowest BCUT2D eigenvalue weighted by Gasteiger charge is -2.26. The summed E-state index contributed by atoms with van der Waals surface area (Å²) in [4.78, 5) is 10.7. The van der Waals surface area contributed by atoms with Gasteiger partial charge in [0.05, 0.1) is 6.61 Å². The molecule has 3 rings (SSSR count). The van der Waals surface area contributed by atoms with E-state index in [0.29, 0.717) is 6.04 Å². The van der Waals surface area contributed by atoms with Crippen molar-refractivity contribution >= 4 is 5.91 Å². The Labute approximate surface area is 178 Å². The summed E-state index contributed by atoms with van der Waals surface area (Å²) in [6.07, 6.45) is 1.94. The molecule has 2 aromatic carbocycles. The predicted octanol–water partition coefficient (Wildman–Crippen LogP) is 4.23. The van der Waals surface area contributed by atoms with Gasteiger partial charge in [-0.25, -0.2) is 8.78 Å². The van der Waals surface area contributed by atoms with Gasteiger partial charge in [-0.1, -0.05) is 38.1 Å². The van der Waals surface area contributed by atoms with Gasteiger partial charge in [0.15, 0.2) is 0 Å². The molecular weight excluding hydrogens is 390 g/mol. The molecule has 30 heavy (non-hydrogen) atoms. The number of benzene rings is 2. The van der Waals surface area contributed by atoms with E-state index in [2.05, 4.69) is 16.7 Å². The number of ether oxygens (including phenoxy) is 1. The Kier molecular flexibility index (Phi) is 15.9. The van der Waals surface area contributed by atoms with Gasteiger partial charge in [-0.2, -0.15) is 0 Å². The van der Waals surface area contributed by atoms with E-state index < -0.39 is 11.6 Å². The molecule has 1 atom stereocenters. The fraction of sp³-hybridized carbons (Fsp3) is 0.435. The number of halogens is 2. The molecule has 0 fully saturated rings. The van der Waals surface area contributed by atoms with Crippen LogP contribution < -0.4 is 15.4 Å². The van der Waals surface area contributed by atoms with Crippen LogP contribution in [-0.4, -0.2) is 37.8 Å². The maximum atomic E-state index is 11.9. The molecule has 3 N–H and O–H groups in total. The topological polar surface area (TPSA) is 70.6 Å². The number of nitrogens with one attached hydrogen (secondary N) is 2. The molecule has 1 unspecified atom stereocenters. The molecule has 0 saturated carbocycles. The van der Waals surface area contributed by atoms with Gasteiger partial charge >= 0.3 is 0 Å². The van der Waals surface area contributed by atoms with Gasteiger partial charge in [0, 0.05) is 44.7 Å². The molecular formula is C23H34F2N2O3. The van der Waals surface area contributed by atoms with Gasteiger partial charge in [0.2, 0.25) is 5.91 Å². The molecule has 0 radical (unpaired) electrons. The normalized spacial score (nSPS) is 13.5. The Morgan fingerprint density at radius 3 is 2.27 bits per heavy atom. The zero-order chi connectivity index (χ0) is 22.8. The van der Waals surface area contributed by atoms with E-state index in [1.807, 2.05) is 32.0 Å². The highest BCUT2D eigenvalue weighted by molar-refractivity contribution is 5.72. The minimum absolute atomic E-state index is 0.0337. The zero-order valence-electron chi connectivity index (χ0n) is 18.3. The first-order chi connectivity index (χ1) is 14.6. The third kappa shape index (κ3) is 11.5. The molecule has 0 bridgehead atoms. The Morgan fingerprint density at radius 2 is 1.70 bits per heavy atom. The van der Waals surface area contributed by atoms with E-state index in [0.717, 1.165) is 51.5 Å². The molecule has 0 aliphatic carbocycles. The molecule has 0 aromatic heterocycles. The van der Waals surface area contributed by atoms with Crippen molar-refractivity contribution in [1.82, 2.24) is 10.6 Å². The maximum absolute atomic E-state index is 11.9. The van der Waals surface area contributed by atoms with Crippen LogP contribution in [0.5, 0.6) is 5.75 Å². The van der Waals surface area contributed by atoms with E-state index in [9.17, 15) is 13.6 Å². The van der Waals surface area contributed by atoms with Gasteiger partial charge in [-0.05, 0) is 31.2 Å². The second-order valence-electron chi connectivity index (χ2n) is 5.96. The van der Waals surface area contributed by atoms with E-state index >= 15 is 0 Å². The van der Waals surface area contributed by atoms with Crippen molar-refractivity contribution in [3.05, 3.63) is 65.7 Å². The number of rotatable bonds is 5. The Balaban J connectivity index is 0.000000585. The van der Waals surface area contributed by atoms with E-state index in [1.165, 1.54) is 23.8 Å². The summed E-state index contributed by atoms with van der Waals surface area (Å²) in [6, 6.07) is 13.1. The van der Waals surface area contributed by atoms with Gasteiger partial charge < -0.3 is 20.5 Å². The van der Waals surface area contributed by atoms with Crippen molar-refractivity contribution in [2.45, 2.75) is 39.7 Å². The third-order valence-corrected chi connectivity index (χ3v) is 3.86. The van der Waals surface area contributed by atoms with Gasteiger partial charge in [0.25, 0.3) is 0 Å². The lowest BCUT2D eigenvalue weighted by molar-refractivity contribution is -0.118. The first kappa shape index (κ1) is 27.5. The third-order valence-electron chi connectivity index (χ3n) is 3.86. The quantitative estimate of drug-likeness (QED) is 0.629. The highest BCUT2D eigenvalue weighted by Gasteiger charge is 2.19. The summed E-state index contributed by atoms with van der Waals surface area (Å²) in [7, 11) is 1.00. The maximum Gasteiger partial charge on any atom is 0.216 e. The van der Waals surface area contributed by atoms with Crippen molar-refractivity contribution in [3.8, 4) is 5.75 Å². The molecule has 1 aliphatic rings. The molecule has 1 amide bonds. The molecule has 1 heterocycles. The molecule has 0 spiro atoms. The van der Waals surface area contributed by atoms with Gasteiger partial charge in [0.1, 0.15) is 17.4 Å². The number of para-hydroxylation sites is 1. The van der Waals surface area contributed by atoms with E-state index in [1.54, 1.807) is 6.92 Å². The lowest BCUT2D eigenvalue weighted by Crippen LogP contribution is -2.30. The molecule has 5 nitrogen and oxygen atoms in total. The van der Waals surface area contributed by atoms with Crippen LogP contribution in [0.3, 0.4) is 0 Å². The minimum atomic E-state index is -0.537. The Hall–Kier alpha value is -2.51. The second kappa shape index (κ2) is 17.4. The predicted molar refractivity (Wildman–Crippen MR) is 116 cm³/mol. The Morgan fingerprint density at radius 1 is 1.07 bits per heavy atom. The molecule has 168 valence electrons. The first-order valence-electron chi connectivity index (χ1n) is 10.1. The number of amides is 1. The average molecular weight is 425 g/mol. The van der Waals surface area contributed by atoms with Crippen molar-refractivity contribution in [2.75, 3.05) is 26.8 Å². The molecule has 7 heteroatoms. The van der Waals surface area contributed by atoms with Crippen LogP contribution in [0.1, 0.15) is 45.2 Å². The highest BCUT2D eigenvalue weighted by atomic mass is 19.1. The van der Waals surface area contributed by atoms with E-state index in [4.69, 9.17) is 9.84 Å². The van der Waals surface area contributed by atoms with Crippen molar-refractivity contribution in [2.24, 2.45) is 0 Å². The number of hydrogen-bond donors (Lipinski definition) is 3. The van der Waals surface area contributed by atoms with Crippen LogP contribution >= 0.6 is 0 Å². The average Bonchev–Trinajstić information content (AvgIpc) is 2.76. The molecule has 1 aliphatic heterocycles. The largest absolute Gasteiger partial charge is 0.493 e. The van der Waals surface area contributed by atoms with Crippen LogP contribution in [0.2, 0.25) is 0 Å². The summed E-state index contributed by atoms with van der Waals surface area (Å²) < 4.78 is 29.5. The summed E-state index contributed by atoms with van der Waals surface area (Å²) in [6.45, 7) is 7.94. The highest BCUT2D eigenvalue weighted by Crippen LogP contribution is 2.31.